The van der Waals surface area contributed by atoms with Gasteiger partial charge in [-0.3, -0.25) is 4.68 Å². The Morgan fingerprint density at radius 2 is 2.06 bits per heavy atom. The summed E-state index contributed by atoms with van der Waals surface area (Å²) >= 11 is 0. The van der Waals surface area contributed by atoms with Gasteiger partial charge in [0.05, 0.1) is 11.6 Å². The highest BCUT2D eigenvalue weighted by molar-refractivity contribution is 5.86. The largest absolute Gasteiger partial charge is 0.353 e. The number of aryl methyl sites for hydroxylation is 1. The van der Waals surface area contributed by atoms with E-state index in [1.54, 1.807) is 11.0 Å². The van der Waals surface area contributed by atoms with Crippen molar-refractivity contribution in [3.05, 3.63) is 12.5 Å². The maximum absolute atomic E-state index is 4.38. The number of aromatic nitrogens is 4. The average molecular weight is 218 g/mol. The lowest BCUT2D eigenvalue weighted by molar-refractivity contribution is 0.586. The van der Waals surface area contributed by atoms with Crippen LogP contribution in [0.15, 0.2) is 12.5 Å². The zero-order valence-corrected chi connectivity index (χ0v) is 9.22. The molecule has 0 bridgehead atoms. The van der Waals surface area contributed by atoms with Crippen molar-refractivity contribution < 1.29 is 0 Å². The van der Waals surface area contributed by atoms with Crippen LogP contribution in [0.2, 0.25) is 0 Å². The number of piperazine rings is 1. The Labute approximate surface area is 93.3 Å². The highest BCUT2D eigenvalue weighted by Crippen LogP contribution is 2.21. The molecular weight excluding hydrogens is 204 g/mol. The van der Waals surface area contributed by atoms with Crippen LogP contribution in [0.1, 0.15) is 0 Å². The van der Waals surface area contributed by atoms with Crippen LogP contribution in [0.3, 0.4) is 0 Å². The third-order valence-electron chi connectivity index (χ3n) is 2.92. The van der Waals surface area contributed by atoms with Crippen LogP contribution in [0.4, 0.5) is 5.82 Å². The van der Waals surface area contributed by atoms with Gasteiger partial charge in [-0.2, -0.15) is 5.10 Å². The summed E-state index contributed by atoms with van der Waals surface area (Å²) in [6, 6.07) is 0. The number of fused-ring (bicyclic) bond motifs is 1. The minimum atomic E-state index is 0.892. The van der Waals surface area contributed by atoms with E-state index in [2.05, 4.69) is 25.3 Å². The van der Waals surface area contributed by atoms with Crippen molar-refractivity contribution in [2.45, 2.75) is 0 Å². The van der Waals surface area contributed by atoms with Gasteiger partial charge < -0.3 is 10.2 Å². The molecule has 0 spiro atoms. The zero-order chi connectivity index (χ0) is 11.0. The van der Waals surface area contributed by atoms with Crippen LogP contribution >= 0.6 is 0 Å². The first-order valence-corrected chi connectivity index (χ1v) is 5.44. The third-order valence-corrected chi connectivity index (χ3v) is 2.92. The second-order valence-corrected chi connectivity index (χ2v) is 3.94. The predicted molar refractivity (Wildman–Crippen MR) is 61.4 cm³/mol. The highest BCUT2D eigenvalue weighted by Gasteiger charge is 2.16. The summed E-state index contributed by atoms with van der Waals surface area (Å²) in [5.41, 5.74) is 0.892. The van der Waals surface area contributed by atoms with E-state index >= 15 is 0 Å². The molecule has 0 aromatic carbocycles. The fourth-order valence-electron chi connectivity index (χ4n) is 2.08. The Morgan fingerprint density at radius 1 is 1.25 bits per heavy atom. The first kappa shape index (κ1) is 9.53. The van der Waals surface area contributed by atoms with E-state index in [0.717, 1.165) is 43.0 Å². The van der Waals surface area contributed by atoms with Crippen LogP contribution in [0, 0.1) is 0 Å². The summed E-state index contributed by atoms with van der Waals surface area (Å²) < 4.78 is 1.78. The van der Waals surface area contributed by atoms with Gasteiger partial charge in [-0.15, -0.1) is 0 Å². The maximum Gasteiger partial charge on any atom is 0.163 e. The van der Waals surface area contributed by atoms with E-state index in [-0.39, 0.29) is 0 Å². The molecule has 3 rings (SSSR count). The maximum atomic E-state index is 4.38. The summed E-state index contributed by atoms with van der Waals surface area (Å²) in [7, 11) is 1.90. The Bertz CT molecular complexity index is 499. The summed E-state index contributed by atoms with van der Waals surface area (Å²) in [6.07, 6.45) is 3.45. The van der Waals surface area contributed by atoms with Crippen LogP contribution < -0.4 is 10.2 Å². The molecule has 0 atom stereocenters. The van der Waals surface area contributed by atoms with E-state index in [9.17, 15) is 0 Å². The van der Waals surface area contributed by atoms with E-state index in [4.69, 9.17) is 0 Å². The van der Waals surface area contributed by atoms with Gasteiger partial charge in [-0.25, -0.2) is 9.97 Å². The molecule has 6 nitrogen and oxygen atoms in total. The summed E-state index contributed by atoms with van der Waals surface area (Å²) in [5.74, 6) is 1.000. The topological polar surface area (TPSA) is 58.9 Å². The first-order chi connectivity index (χ1) is 7.86. The molecular formula is C10H14N6. The number of hydrogen-bond acceptors (Lipinski definition) is 5. The van der Waals surface area contributed by atoms with Crippen molar-refractivity contribution in [2.24, 2.45) is 7.05 Å². The van der Waals surface area contributed by atoms with Gasteiger partial charge in [0.25, 0.3) is 0 Å². The number of nitrogens with zero attached hydrogens (tertiary/aromatic N) is 5. The van der Waals surface area contributed by atoms with Crippen LogP contribution in [-0.4, -0.2) is 45.9 Å². The number of anilines is 1. The molecule has 0 unspecified atom stereocenters. The van der Waals surface area contributed by atoms with Gasteiger partial charge in [0, 0.05) is 33.2 Å². The van der Waals surface area contributed by atoms with E-state index in [1.807, 2.05) is 13.2 Å². The van der Waals surface area contributed by atoms with E-state index in [1.165, 1.54) is 0 Å². The molecule has 0 radical (unpaired) electrons. The van der Waals surface area contributed by atoms with Crippen LogP contribution in [-0.2, 0) is 7.05 Å². The lowest BCUT2D eigenvalue weighted by Gasteiger charge is -2.28. The van der Waals surface area contributed by atoms with E-state index < -0.39 is 0 Å². The van der Waals surface area contributed by atoms with Gasteiger partial charge >= 0.3 is 0 Å². The molecule has 1 aliphatic heterocycles. The standard InChI is InChI=1S/C10H14N6/c1-15-9-8(6-14-15)10(13-7-12-9)16-4-2-11-3-5-16/h6-7,11H,2-5H2,1H3. The molecule has 3 heterocycles. The van der Waals surface area contributed by atoms with Gasteiger partial charge in [0.15, 0.2) is 5.65 Å². The molecule has 0 saturated carbocycles. The molecule has 84 valence electrons. The van der Waals surface area contributed by atoms with Crippen molar-refractivity contribution in [1.82, 2.24) is 25.1 Å². The molecule has 1 fully saturated rings. The third kappa shape index (κ3) is 1.42. The monoisotopic (exact) mass is 218 g/mol. The van der Waals surface area contributed by atoms with Gasteiger partial charge in [0.1, 0.15) is 12.1 Å². The Hall–Kier alpha value is -1.69. The lowest BCUT2D eigenvalue weighted by Crippen LogP contribution is -2.44. The summed E-state index contributed by atoms with van der Waals surface area (Å²) in [5, 5.41) is 8.59. The van der Waals surface area contributed by atoms with Crippen molar-refractivity contribution in [2.75, 3.05) is 31.1 Å². The molecule has 1 aliphatic rings. The van der Waals surface area contributed by atoms with Crippen LogP contribution in [0.25, 0.3) is 11.0 Å². The molecule has 16 heavy (non-hydrogen) atoms. The van der Waals surface area contributed by atoms with Crippen molar-refractivity contribution >= 4 is 16.9 Å². The lowest BCUT2D eigenvalue weighted by atomic mass is 10.3. The van der Waals surface area contributed by atoms with Gasteiger partial charge in [-0.05, 0) is 0 Å². The van der Waals surface area contributed by atoms with Gasteiger partial charge in [-0.1, -0.05) is 0 Å². The molecule has 2 aromatic rings. The second kappa shape index (κ2) is 3.71. The molecule has 2 aromatic heterocycles. The Balaban J connectivity index is 2.08. The Kier molecular flexibility index (Phi) is 2.21. The normalized spacial score (nSPS) is 16.9. The van der Waals surface area contributed by atoms with Crippen molar-refractivity contribution in [3.8, 4) is 0 Å². The summed E-state index contributed by atoms with van der Waals surface area (Å²) in [6.45, 7) is 3.99. The van der Waals surface area contributed by atoms with Gasteiger partial charge in [0.2, 0.25) is 0 Å². The van der Waals surface area contributed by atoms with Crippen LogP contribution in [0.5, 0.6) is 0 Å². The molecule has 0 aliphatic carbocycles. The van der Waals surface area contributed by atoms with Crippen molar-refractivity contribution in [1.29, 1.82) is 0 Å². The molecule has 6 heteroatoms. The minimum absolute atomic E-state index is 0.892. The molecule has 0 amide bonds. The number of nitrogens with one attached hydrogen (secondary N) is 1. The smallest absolute Gasteiger partial charge is 0.163 e. The average Bonchev–Trinajstić information content (AvgIpc) is 2.73. The number of hydrogen-bond donors (Lipinski definition) is 1. The Morgan fingerprint density at radius 3 is 2.88 bits per heavy atom. The number of rotatable bonds is 1. The minimum Gasteiger partial charge on any atom is -0.353 e. The quantitative estimate of drug-likeness (QED) is 0.716. The van der Waals surface area contributed by atoms with Crippen molar-refractivity contribution in [3.63, 3.8) is 0 Å². The second-order valence-electron chi connectivity index (χ2n) is 3.94. The molecule has 1 N–H and O–H groups in total. The highest BCUT2D eigenvalue weighted by atomic mass is 15.3. The van der Waals surface area contributed by atoms with E-state index in [0.29, 0.717) is 0 Å². The first-order valence-electron chi connectivity index (χ1n) is 5.44. The SMILES string of the molecule is Cn1ncc2c(N3CCNCC3)ncnc21. The fourth-order valence-corrected chi connectivity index (χ4v) is 2.08. The fraction of sp³-hybridized carbons (Fsp3) is 0.500. The zero-order valence-electron chi connectivity index (χ0n) is 9.22. The molecule has 1 saturated heterocycles. The predicted octanol–water partition coefficient (Wildman–Crippen LogP) is -0.227. The summed E-state index contributed by atoms with van der Waals surface area (Å²) in [4.78, 5) is 10.9.